The van der Waals surface area contributed by atoms with E-state index in [0.717, 1.165) is 28.9 Å². The molecule has 0 spiro atoms. The number of nitrogens with zero attached hydrogens (tertiary/aromatic N) is 5. The van der Waals surface area contributed by atoms with E-state index in [9.17, 15) is 0 Å². The third-order valence-electron chi connectivity index (χ3n) is 3.42. The van der Waals surface area contributed by atoms with Gasteiger partial charge in [0.1, 0.15) is 17.2 Å². The second-order valence-corrected chi connectivity index (χ2v) is 6.72. The molecule has 0 fully saturated rings. The Balaban J connectivity index is 0.00000243. The van der Waals surface area contributed by atoms with Gasteiger partial charge in [0.15, 0.2) is 5.96 Å². The monoisotopic (exact) mass is 483 g/mol. The van der Waals surface area contributed by atoms with Crippen LogP contribution in [0.25, 0.3) is 5.82 Å². The van der Waals surface area contributed by atoms with Gasteiger partial charge in [-0.1, -0.05) is 0 Å². The molecular formula is C17H22IN7S. The second kappa shape index (κ2) is 10.2. The molecule has 0 saturated carbocycles. The van der Waals surface area contributed by atoms with Gasteiger partial charge in [-0.2, -0.15) is 0 Å². The lowest BCUT2D eigenvalue weighted by Gasteiger charge is -2.10. The van der Waals surface area contributed by atoms with Gasteiger partial charge < -0.3 is 10.6 Å². The van der Waals surface area contributed by atoms with E-state index in [1.54, 1.807) is 30.1 Å². The SMILES string of the molecule is CCNC(=NCc1ccnc(-n2ccnc2)c1)NCc1ncc(C)s1.I. The fourth-order valence-corrected chi connectivity index (χ4v) is 2.98. The standard InChI is InChI=1S/C17H21N7S.HI/c1-3-19-17(23-11-16-21-9-13(2)25-16)22-10-14-4-5-20-15(8-14)24-7-6-18-12-24;/h4-9,12H,3,10-11H2,1-2H3,(H2,19,22,23);1H. The van der Waals surface area contributed by atoms with Gasteiger partial charge in [0.05, 0.1) is 13.1 Å². The summed E-state index contributed by atoms with van der Waals surface area (Å²) in [5, 5.41) is 7.63. The second-order valence-electron chi connectivity index (χ2n) is 5.41. The Bertz CT molecular complexity index is 829. The number of halogens is 1. The van der Waals surface area contributed by atoms with Crippen LogP contribution in [0.4, 0.5) is 0 Å². The molecule has 7 nitrogen and oxygen atoms in total. The van der Waals surface area contributed by atoms with Crippen LogP contribution in [0, 0.1) is 6.92 Å². The number of aryl methyl sites for hydroxylation is 1. The summed E-state index contributed by atoms with van der Waals surface area (Å²) in [7, 11) is 0. The van der Waals surface area contributed by atoms with Gasteiger partial charge in [0.25, 0.3) is 0 Å². The summed E-state index contributed by atoms with van der Waals surface area (Å²) in [6.07, 6.45) is 9.02. The summed E-state index contributed by atoms with van der Waals surface area (Å²) >= 11 is 1.69. The highest BCUT2D eigenvalue weighted by Crippen LogP contribution is 2.10. The van der Waals surface area contributed by atoms with Crippen LogP contribution < -0.4 is 10.6 Å². The minimum atomic E-state index is 0. The molecule has 3 aromatic heterocycles. The van der Waals surface area contributed by atoms with Gasteiger partial charge in [0.2, 0.25) is 0 Å². The van der Waals surface area contributed by atoms with E-state index in [4.69, 9.17) is 0 Å². The van der Waals surface area contributed by atoms with Crippen LogP contribution in [0.1, 0.15) is 22.4 Å². The summed E-state index contributed by atoms with van der Waals surface area (Å²) in [5.41, 5.74) is 1.08. The van der Waals surface area contributed by atoms with Crippen LogP contribution in [0.2, 0.25) is 0 Å². The van der Waals surface area contributed by atoms with Crippen molar-refractivity contribution in [2.75, 3.05) is 6.54 Å². The minimum absolute atomic E-state index is 0. The fourth-order valence-electron chi connectivity index (χ4n) is 2.25. The van der Waals surface area contributed by atoms with Crippen LogP contribution in [0.15, 0.2) is 48.2 Å². The van der Waals surface area contributed by atoms with Crippen molar-refractivity contribution in [3.8, 4) is 5.82 Å². The summed E-state index contributed by atoms with van der Waals surface area (Å²) in [6, 6.07) is 3.98. The van der Waals surface area contributed by atoms with Crippen molar-refractivity contribution in [1.82, 2.24) is 30.2 Å². The predicted octanol–water partition coefficient (Wildman–Crippen LogP) is 2.91. The lowest BCUT2D eigenvalue weighted by molar-refractivity contribution is 0.811. The van der Waals surface area contributed by atoms with Crippen molar-refractivity contribution >= 4 is 41.3 Å². The van der Waals surface area contributed by atoms with Crippen molar-refractivity contribution in [2.24, 2.45) is 4.99 Å². The normalized spacial score (nSPS) is 11.1. The number of rotatable bonds is 6. The number of hydrogen-bond acceptors (Lipinski definition) is 5. The Hall–Kier alpha value is -2.01. The molecule has 0 aliphatic rings. The number of guanidine groups is 1. The van der Waals surface area contributed by atoms with Crippen molar-refractivity contribution in [1.29, 1.82) is 0 Å². The zero-order chi connectivity index (χ0) is 17.5. The summed E-state index contributed by atoms with van der Waals surface area (Å²) in [6.45, 7) is 6.15. The van der Waals surface area contributed by atoms with Crippen LogP contribution >= 0.6 is 35.3 Å². The minimum Gasteiger partial charge on any atom is -0.357 e. The Morgan fingerprint density at radius 3 is 2.85 bits per heavy atom. The van der Waals surface area contributed by atoms with E-state index in [1.165, 1.54) is 4.88 Å². The first kappa shape index (κ1) is 20.3. The molecular weight excluding hydrogens is 461 g/mol. The van der Waals surface area contributed by atoms with Crippen molar-refractivity contribution in [3.63, 3.8) is 0 Å². The van der Waals surface area contributed by atoms with Crippen molar-refractivity contribution in [3.05, 3.63) is 58.7 Å². The Labute approximate surface area is 174 Å². The molecule has 0 unspecified atom stereocenters. The molecule has 0 bridgehead atoms. The average Bonchev–Trinajstić information content (AvgIpc) is 3.29. The van der Waals surface area contributed by atoms with Crippen LogP contribution in [-0.2, 0) is 13.1 Å². The molecule has 0 radical (unpaired) electrons. The molecule has 3 heterocycles. The number of thiazole rings is 1. The molecule has 0 amide bonds. The number of aromatic nitrogens is 4. The topological polar surface area (TPSA) is 80.0 Å². The maximum atomic E-state index is 4.65. The molecule has 0 atom stereocenters. The maximum Gasteiger partial charge on any atom is 0.191 e. The number of pyridine rings is 1. The molecule has 26 heavy (non-hydrogen) atoms. The van der Waals surface area contributed by atoms with Crippen LogP contribution in [0.5, 0.6) is 0 Å². The lowest BCUT2D eigenvalue weighted by Crippen LogP contribution is -2.36. The van der Waals surface area contributed by atoms with Gasteiger partial charge in [-0.25, -0.2) is 19.9 Å². The largest absolute Gasteiger partial charge is 0.357 e. The van der Waals surface area contributed by atoms with E-state index in [-0.39, 0.29) is 24.0 Å². The third kappa shape index (κ3) is 5.77. The molecule has 9 heteroatoms. The molecule has 3 rings (SSSR count). The first-order chi connectivity index (χ1) is 12.2. The van der Waals surface area contributed by atoms with Gasteiger partial charge in [-0.05, 0) is 31.5 Å². The highest BCUT2D eigenvalue weighted by Gasteiger charge is 2.03. The molecule has 0 aliphatic heterocycles. The predicted molar refractivity (Wildman–Crippen MR) is 115 cm³/mol. The number of nitrogens with one attached hydrogen (secondary N) is 2. The zero-order valence-electron chi connectivity index (χ0n) is 14.7. The van der Waals surface area contributed by atoms with E-state index in [0.29, 0.717) is 13.1 Å². The molecule has 138 valence electrons. The maximum absolute atomic E-state index is 4.65. The summed E-state index contributed by atoms with van der Waals surface area (Å²) in [5.74, 6) is 1.61. The van der Waals surface area contributed by atoms with E-state index >= 15 is 0 Å². The van der Waals surface area contributed by atoms with Crippen LogP contribution in [0.3, 0.4) is 0 Å². The number of imidazole rings is 1. The van der Waals surface area contributed by atoms with Gasteiger partial charge in [0, 0.05) is 36.2 Å². The van der Waals surface area contributed by atoms with E-state index in [1.807, 2.05) is 36.0 Å². The van der Waals surface area contributed by atoms with Gasteiger partial charge >= 0.3 is 0 Å². The lowest BCUT2D eigenvalue weighted by atomic mass is 10.2. The summed E-state index contributed by atoms with van der Waals surface area (Å²) in [4.78, 5) is 18.6. The zero-order valence-corrected chi connectivity index (χ0v) is 17.9. The fraction of sp³-hybridized carbons (Fsp3) is 0.294. The smallest absolute Gasteiger partial charge is 0.191 e. The first-order valence-corrected chi connectivity index (χ1v) is 8.93. The van der Waals surface area contributed by atoms with E-state index in [2.05, 4.69) is 37.5 Å². The van der Waals surface area contributed by atoms with Crippen LogP contribution in [-0.4, -0.2) is 32.0 Å². The highest BCUT2D eigenvalue weighted by atomic mass is 127. The van der Waals surface area contributed by atoms with Crippen molar-refractivity contribution < 1.29 is 0 Å². The molecule has 0 saturated heterocycles. The molecule has 0 aliphatic carbocycles. The molecule has 3 aromatic rings. The highest BCUT2D eigenvalue weighted by molar-refractivity contribution is 14.0. The van der Waals surface area contributed by atoms with E-state index < -0.39 is 0 Å². The molecule has 2 N–H and O–H groups in total. The average molecular weight is 483 g/mol. The third-order valence-corrected chi connectivity index (χ3v) is 4.33. The Morgan fingerprint density at radius 2 is 2.15 bits per heavy atom. The molecule has 0 aromatic carbocycles. The number of aliphatic imine (C=N–C) groups is 1. The quantitative estimate of drug-likeness (QED) is 0.320. The van der Waals surface area contributed by atoms with Gasteiger partial charge in [-0.15, -0.1) is 35.3 Å². The number of hydrogen-bond donors (Lipinski definition) is 2. The van der Waals surface area contributed by atoms with Gasteiger partial charge in [-0.3, -0.25) is 4.57 Å². The summed E-state index contributed by atoms with van der Waals surface area (Å²) < 4.78 is 1.88. The van der Waals surface area contributed by atoms with Crippen molar-refractivity contribution in [2.45, 2.75) is 26.9 Å². The first-order valence-electron chi connectivity index (χ1n) is 8.11. The Kier molecular flexibility index (Phi) is 7.98. The Morgan fingerprint density at radius 1 is 1.27 bits per heavy atom.